The number of nitrogens with two attached hydrogens (primary N) is 1. The van der Waals surface area contributed by atoms with Crippen molar-refractivity contribution in [1.82, 2.24) is 15.0 Å². The highest BCUT2D eigenvalue weighted by Crippen LogP contribution is 2.16. The third-order valence-corrected chi connectivity index (χ3v) is 4.15. The lowest BCUT2D eigenvalue weighted by atomic mass is 10.5. The summed E-state index contributed by atoms with van der Waals surface area (Å²) in [5, 5.41) is 0. The Morgan fingerprint density at radius 2 is 1.94 bits per heavy atom. The zero-order valence-corrected chi connectivity index (χ0v) is 10.6. The van der Waals surface area contributed by atoms with Crippen molar-refractivity contribution in [3.05, 3.63) is 0 Å². The number of hydrogen-bond donors (Lipinski definition) is 2. The standard InChI is InChI=1S/C8H14N6O3S/c1-17-8-11-6(13-9)10-7(12-8)14-2-4-18(15,16)5-3-14/h2-5,9H2,1H3,(H,10,11,12,13). The van der Waals surface area contributed by atoms with Gasteiger partial charge in [-0.25, -0.2) is 14.3 Å². The number of rotatable bonds is 3. The molecule has 0 atom stereocenters. The van der Waals surface area contributed by atoms with Crippen LogP contribution in [0.1, 0.15) is 0 Å². The molecule has 10 heteroatoms. The van der Waals surface area contributed by atoms with Crippen LogP contribution in [0.2, 0.25) is 0 Å². The summed E-state index contributed by atoms with van der Waals surface area (Å²) in [6.07, 6.45) is 0. The van der Waals surface area contributed by atoms with E-state index in [4.69, 9.17) is 10.6 Å². The van der Waals surface area contributed by atoms with Gasteiger partial charge in [-0.05, 0) is 0 Å². The van der Waals surface area contributed by atoms with Gasteiger partial charge in [0.2, 0.25) is 11.9 Å². The van der Waals surface area contributed by atoms with Crippen LogP contribution in [0.25, 0.3) is 0 Å². The molecule has 0 saturated carbocycles. The van der Waals surface area contributed by atoms with Crippen LogP contribution in [0.5, 0.6) is 6.01 Å². The van der Waals surface area contributed by atoms with Gasteiger partial charge in [0.05, 0.1) is 18.6 Å². The molecule has 18 heavy (non-hydrogen) atoms. The zero-order chi connectivity index (χ0) is 13.2. The maximum absolute atomic E-state index is 11.3. The fourth-order valence-corrected chi connectivity index (χ4v) is 2.76. The first-order valence-corrected chi connectivity index (χ1v) is 7.08. The van der Waals surface area contributed by atoms with Crippen LogP contribution in [0, 0.1) is 0 Å². The molecule has 0 unspecified atom stereocenters. The summed E-state index contributed by atoms with van der Waals surface area (Å²) < 4.78 is 27.6. The predicted octanol–water partition coefficient (Wildman–Crippen LogP) is -1.60. The van der Waals surface area contributed by atoms with Gasteiger partial charge in [-0.3, -0.25) is 5.43 Å². The zero-order valence-electron chi connectivity index (χ0n) is 9.83. The SMILES string of the molecule is COc1nc(NN)nc(N2CCS(=O)(=O)CC2)n1. The Bertz CT molecular complexity index is 497. The minimum absolute atomic E-state index is 0.0897. The molecule has 0 amide bonds. The first-order chi connectivity index (χ1) is 8.54. The van der Waals surface area contributed by atoms with Gasteiger partial charge in [0.25, 0.3) is 0 Å². The van der Waals surface area contributed by atoms with Crippen molar-refractivity contribution < 1.29 is 13.2 Å². The van der Waals surface area contributed by atoms with Gasteiger partial charge in [0, 0.05) is 13.1 Å². The Labute approximate surface area is 104 Å². The first kappa shape index (κ1) is 12.8. The van der Waals surface area contributed by atoms with E-state index in [1.807, 2.05) is 0 Å². The fraction of sp³-hybridized carbons (Fsp3) is 0.625. The van der Waals surface area contributed by atoms with Gasteiger partial charge in [0.15, 0.2) is 9.84 Å². The molecule has 100 valence electrons. The fourth-order valence-electron chi connectivity index (χ4n) is 1.56. The molecule has 0 bridgehead atoms. The number of hydrogen-bond acceptors (Lipinski definition) is 9. The van der Waals surface area contributed by atoms with Gasteiger partial charge >= 0.3 is 6.01 Å². The van der Waals surface area contributed by atoms with Crippen LogP contribution in [-0.4, -0.2) is 55.1 Å². The van der Waals surface area contributed by atoms with E-state index in [9.17, 15) is 8.42 Å². The van der Waals surface area contributed by atoms with E-state index >= 15 is 0 Å². The molecule has 1 aliphatic heterocycles. The molecule has 0 aliphatic carbocycles. The minimum atomic E-state index is -2.94. The summed E-state index contributed by atoms with van der Waals surface area (Å²) >= 11 is 0. The van der Waals surface area contributed by atoms with Gasteiger partial charge in [0.1, 0.15) is 0 Å². The molecule has 9 nitrogen and oxygen atoms in total. The van der Waals surface area contributed by atoms with Crippen molar-refractivity contribution in [3.8, 4) is 6.01 Å². The van der Waals surface area contributed by atoms with Crippen molar-refractivity contribution in [2.45, 2.75) is 0 Å². The Morgan fingerprint density at radius 1 is 1.28 bits per heavy atom. The molecule has 1 aliphatic rings. The Balaban J connectivity index is 2.23. The lowest BCUT2D eigenvalue weighted by Gasteiger charge is -2.26. The van der Waals surface area contributed by atoms with E-state index in [0.717, 1.165) is 0 Å². The van der Waals surface area contributed by atoms with Crippen LogP contribution < -0.4 is 20.9 Å². The maximum atomic E-state index is 11.3. The molecule has 2 rings (SSSR count). The van der Waals surface area contributed by atoms with E-state index in [1.165, 1.54) is 7.11 Å². The van der Waals surface area contributed by atoms with Gasteiger partial charge < -0.3 is 9.64 Å². The van der Waals surface area contributed by atoms with Gasteiger partial charge in [-0.15, -0.1) is 0 Å². The average molecular weight is 274 g/mol. The number of hydrazine groups is 1. The summed E-state index contributed by atoms with van der Waals surface area (Å²) in [7, 11) is -1.51. The van der Waals surface area contributed by atoms with Crippen molar-refractivity contribution >= 4 is 21.7 Å². The highest BCUT2D eigenvalue weighted by atomic mass is 32.2. The van der Waals surface area contributed by atoms with E-state index in [1.54, 1.807) is 4.90 Å². The number of anilines is 2. The minimum Gasteiger partial charge on any atom is -0.467 e. The van der Waals surface area contributed by atoms with Crippen LogP contribution in [0.3, 0.4) is 0 Å². The molecular weight excluding hydrogens is 260 g/mol. The average Bonchev–Trinajstić information content (AvgIpc) is 2.38. The lowest BCUT2D eigenvalue weighted by Crippen LogP contribution is -2.41. The number of methoxy groups -OCH3 is 1. The van der Waals surface area contributed by atoms with Gasteiger partial charge in [-0.1, -0.05) is 0 Å². The highest BCUT2D eigenvalue weighted by molar-refractivity contribution is 7.91. The summed E-state index contributed by atoms with van der Waals surface area (Å²) in [6.45, 7) is 0.693. The first-order valence-electron chi connectivity index (χ1n) is 5.26. The van der Waals surface area contributed by atoms with E-state index in [0.29, 0.717) is 19.0 Å². The Morgan fingerprint density at radius 3 is 2.50 bits per heavy atom. The van der Waals surface area contributed by atoms with Crippen LogP contribution >= 0.6 is 0 Å². The smallest absolute Gasteiger partial charge is 0.322 e. The molecule has 0 aromatic carbocycles. The quantitative estimate of drug-likeness (QED) is 0.495. The molecule has 1 fully saturated rings. The molecule has 2 heterocycles. The lowest BCUT2D eigenvalue weighted by molar-refractivity contribution is 0.378. The van der Waals surface area contributed by atoms with Crippen LogP contribution in [0.15, 0.2) is 0 Å². The molecule has 1 aromatic rings. The van der Waals surface area contributed by atoms with Crippen molar-refractivity contribution in [3.63, 3.8) is 0 Å². The summed E-state index contributed by atoms with van der Waals surface area (Å²) in [6, 6.07) is 0.126. The van der Waals surface area contributed by atoms with Crippen molar-refractivity contribution in [1.29, 1.82) is 0 Å². The molecule has 1 aromatic heterocycles. The predicted molar refractivity (Wildman–Crippen MR) is 65.1 cm³/mol. The largest absolute Gasteiger partial charge is 0.467 e. The number of ether oxygens (including phenoxy) is 1. The summed E-state index contributed by atoms with van der Waals surface area (Å²) in [5.41, 5.74) is 2.31. The number of nitrogen functional groups attached to an aromatic ring is 1. The van der Waals surface area contributed by atoms with Crippen LogP contribution in [0.4, 0.5) is 11.9 Å². The topological polar surface area (TPSA) is 123 Å². The molecule has 1 saturated heterocycles. The van der Waals surface area contributed by atoms with Crippen LogP contribution in [-0.2, 0) is 9.84 Å². The normalized spacial score (nSPS) is 18.4. The Kier molecular flexibility index (Phi) is 3.48. The van der Waals surface area contributed by atoms with Crippen molar-refractivity contribution in [2.75, 3.05) is 42.0 Å². The van der Waals surface area contributed by atoms with E-state index in [2.05, 4.69) is 20.4 Å². The second-order valence-electron chi connectivity index (χ2n) is 3.73. The number of aromatic nitrogens is 3. The maximum Gasteiger partial charge on any atom is 0.322 e. The molecule has 0 radical (unpaired) electrons. The number of nitrogens with one attached hydrogen (secondary N) is 1. The third-order valence-electron chi connectivity index (χ3n) is 2.54. The van der Waals surface area contributed by atoms with E-state index in [-0.39, 0.29) is 23.5 Å². The van der Waals surface area contributed by atoms with Crippen molar-refractivity contribution in [2.24, 2.45) is 5.84 Å². The highest BCUT2D eigenvalue weighted by Gasteiger charge is 2.24. The van der Waals surface area contributed by atoms with E-state index < -0.39 is 9.84 Å². The number of sulfone groups is 1. The second kappa shape index (κ2) is 4.90. The Hall–Kier alpha value is -1.68. The molecule has 0 spiro atoms. The third kappa shape index (κ3) is 2.76. The monoisotopic (exact) mass is 274 g/mol. The molecular formula is C8H14N6O3S. The number of nitrogens with zero attached hydrogens (tertiary/aromatic N) is 4. The summed E-state index contributed by atoms with van der Waals surface area (Å²) in [5.74, 6) is 5.94. The molecule has 3 N–H and O–H groups in total. The summed E-state index contributed by atoms with van der Waals surface area (Å²) in [4.78, 5) is 13.8. The second-order valence-corrected chi connectivity index (χ2v) is 6.03. The van der Waals surface area contributed by atoms with Gasteiger partial charge in [-0.2, -0.15) is 15.0 Å².